The van der Waals surface area contributed by atoms with Crippen LogP contribution in [0, 0.1) is 0 Å². The second kappa shape index (κ2) is 19.1. The van der Waals surface area contributed by atoms with Gasteiger partial charge < -0.3 is 26.0 Å². The summed E-state index contributed by atoms with van der Waals surface area (Å²) in [4.78, 5) is 53.9. The topological polar surface area (TPSA) is 131 Å². The Morgan fingerprint density at radius 3 is 2.07 bits per heavy atom. The number of hydrogen-bond donors (Lipinski definition) is 3. The molecule has 1 rings (SSSR count). The molecule has 0 aliphatic heterocycles. The second-order valence-electron chi connectivity index (χ2n) is 11.6. The van der Waals surface area contributed by atoms with Gasteiger partial charge in [0.15, 0.2) is 0 Å². The van der Waals surface area contributed by atoms with Crippen LogP contribution in [-0.4, -0.2) is 53.4 Å². The summed E-state index contributed by atoms with van der Waals surface area (Å²) in [6, 6.07) is 5.75. The first-order chi connectivity index (χ1) is 19.4. The number of carbonyl (C=O) groups is 4. The number of rotatable bonds is 19. The summed E-state index contributed by atoms with van der Waals surface area (Å²) in [5.74, 6) is -1.30. The van der Waals surface area contributed by atoms with Crippen molar-refractivity contribution in [3.8, 4) is 0 Å². The van der Waals surface area contributed by atoms with Crippen molar-refractivity contribution in [1.82, 2.24) is 15.5 Å². The quantitative estimate of drug-likeness (QED) is 0.186. The normalized spacial score (nSPS) is 12.7. The molecule has 9 heteroatoms. The fourth-order valence-corrected chi connectivity index (χ4v) is 4.52. The number of benzene rings is 1. The van der Waals surface area contributed by atoms with E-state index in [1.54, 1.807) is 25.7 Å². The number of nitrogens with zero attached hydrogens (tertiary/aromatic N) is 1. The van der Waals surface area contributed by atoms with Crippen molar-refractivity contribution in [2.24, 2.45) is 5.73 Å². The van der Waals surface area contributed by atoms with E-state index in [0.29, 0.717) is 25.1 Å². The van der Waals surface area contributed by atoms with Gasteiger partial charge in [-0.2, -0.15) is 0 Å². The molecule has 0 fully saturated rings. The molecule has 1 aromatic carbocycles. The van der Waals surface area contributed by atoms with Gasteiger partial charge in [0.25, 0.3) is 0 Å². The molecule has 0 aliphatic carbocycles. The number of unbranched alkanes of at least 4 members (excludes halogenated alkanes) is 6. The molecule has 0 saturated carbocycles. The van der Waals surface area contributed by atoms with Gasteiger partial charge in [0.2, 0.25) is 17.7 Å². The van der Waals surface area contributed by atoms with Gasteiger partial charge in [-0.1, -0.05) is 83.6 Å². The maximum absolute atomic E-state index is 14.2. The zero-order chi connectivity index (χ0) is 30.8. The molecular weight excluding hydrogens is 520 g/mol. The average Bonchev–Trinajstić information content (AvgIpc) is 2.91. The largest absolute Gasteiger partial charge is 0.444 e. The van der Waals surface area contributed by atoms with E-state index in [9.17, 15) is 19.2 Å². The summed E-state index contributed by atoms with van der Waals surface area (Å²) in [5.41, 5.74) is 6.45. The highest BCUT2D eigenvalue weighted by Crippen LogP contribution is 2.25. The molecular formula is C32H54N4O5. The Morgan fingerprint density at radius 2 is 1.51 bits per heavy atom. The highest BCUT2D eigenvalue weighted by atomic mass is 16.6. The molecule has 0 spiro atoms. The van der Waals surface area contributed by atoms with Crippen LogP contribution in [0.25, 0.3) is 0 Å². The van der Waals surface area contributed by atoms with Gasteiger partial charge in [-0.25, -0.2) is 4.79 Å². The van der Waals surface area contributed by atoms with E-state index in [-0.39, 0.29) is 18.7 Å². The number of amides is 4. The fraction of sp³-hybridized carbons (Fsp3) is 0.688. The fourth-order valence-electron chi connectivity index (χ4n) is 4.52. The van der Waals surface area contributed by atoms with Crippen LogP contribution in [0.2, 0.25) is 0 Å². The van der Waals surface area contributed by atoms with Crippen molar-refractivity contribution in [3.05, 3.63) is 35.4 Å². The van der Waals surface area contributed by atoms with E-state index < -0.39 is 35.6 Å². The molecule has 41 heavy (non-hydrogen) atoms. The molecule has 1 aromatic rings. The van der Waals surface area contributed by atoms with Gasteiger partial charge in [0.1, 0.15) is 17.7 Å². The monoisotopic (exact) mass is 574 g/mol. The van der Waals surface area contributed by atoms with Gasteiger partial charge in [-0.05, 0) is 57.6 Å². The Bertz CT molecular complexity index is 942. The second-order valence-corrected chi connectivity index (χ2v) is 11.6. The third-order valence-electron chi connectivity index (χ3n) is 6.80. The lowest BCUT2D eigenvalue weighted by atomic mass is 9.99. The molecule has 4 N–H and O–H groups in total. The zero-order valence-corrected chi connectivity index (χ0v) is 26.2. The first-order valence-corrected chi connectivity index (χ1v) is 15.4. The van der Waals surface area contributed by atoms with E-state index >= 15 is 0 Å². The Balaban J connectivity index is 3.45. The molecule has 4 amide bonds. The number of aryl methyl sites for hydroxylation is 1. The number of carbonyl (C=O) groups excluding carboxylic acids is 4. The van der Waals surface area contributed by atoms with Crippen molar-refractivity contribution in [2.75, 3.05) is 13.1 Å². The molecule has 2 unspecified atom stereocenters. The third kappa shape index (κ3) is 14.4. The summed E-state index contributed by atoms with van der Waals surface area (Å²) >= 11 is 0. The zero-order valence-electron chi connectivity index (χ0n) is 26.2. The van der Waals surface area contributed by atoms with Crippen LogP contribution < -0.4 is 16.4 Å². The minimum absolute atomic E-state index is 0.000639. The van der Waals surface area contributed by atoms with Gasteiger partial charge >= 0.3 is 6.09 Å². The molecule has 9 nitrogen and oxygen atoms in total. The predicted molar refractivity (Wildman–Crippen MR) is 163 cm³/mol. The van der Waals surface area contributed by atoms with Gasteiger partial charge in [-0.15, -0.1) is 0 Å². The van der Waals surface area contributed by atoms with Crippen LogP contribution >= 0.6 is 0 Å². The Hall–Kier alpha value is -3.10. The Morgan fingerprint density at radius 1 is 0.902 bits per heavy atom. The van der Waals surface area contributed by atoms with Crippen LogP contribution in [0.1, 0.15) is 123 Å². The van der Waals surface area contributed by atoms with Crippen molar-refractivity contribution >= 4 is 23.8 Å². The van der Waals surface area contributed by atoms with E-state index in [4.69, 9.17) is 10.5 Å². The molecule has 0 radical (unpaired) electrons. The number of alkyl carbamates (subject to hydrolysis) is 1. The highest BCUT2D eigenvalue weighted by molar-refractivity contribution is 5.92. The average molecular weight is 575 g/mol. The predicted octanol–water partition coefficient (Wildman–Crippen LogP) is 5.55. The maximum Gasteiger partial charge on any atom is 0.408 e. The number of nitrogens with two attached hydrogens (primary N) is 1. The molecule has 0 heterocycles. The lowest BCUT2D eigenvalue weighted by Gasteiger charge is -2.34. The van der Waals surface area contributed by atoms with Crippen molar-refractivity contribution in [3.63, 3.8) is 0 Å². The molecule has 2 atom stereocenters. The molecule has 0 aliphatic rings. The Labute approximate surface area is 247 Å². The lowest BCUT2D eigenvalue weighted by molar-refractivity contribution is -0.142. The van der Waals surface area contributed by atoms with Gasteiger partial charge in [-0.3, -0.25) is 14.4 Å². The summed E-state index contributed by atoms with van der Waals surface area (Å²) in [7, 11) is 0. The van der Waals surface area contributed by atoms with Crippen molar-refractivity contribution in [1.29, 1.82) is 0 Å². The summed E-state index contributed by atoms with van der Waals surface area (Å²) in [6.45, 7) is 12.3. The summed E-state index contributed by atoms with van der Waals surface area (Å²) < 4.78 is 5.41. The van der Waals surface area contributed by atoms with Crippen LogP contribution in [0.5, 0.6) is 0 Å². The van der Waals surface area contributed by atoms with Gasteiger partial charge in [0.05, 0.1) is 0 Å². The minimum Gasteiger partial charge on any atom is -0.444 e. The molecule has 0 bridgehead atoms. The van der Waals surface area contributed by atoms with Crippen molar-refractivity contribution in [2.45, 2.75) is 130 Å². The first-order valence-electron chi connectivity index (χ1n) is 15.4. The van der Waals surface area contributed by atoms with Crippen LogP contribution in [-0.2, 0) is 25.5 Å². The first kappa shape index (κ1) is 35.9. The van der Waals surface area contributed by atoms with Crippen LogP contribution in [0.3, 0.4) is 0 Å². The highest BCUT2D eigenvalue weighted by Gasteiger charge is 2.36. The smallest absolute Gasteiger partial charge is 0.408 e. The number of primary amides is 1. The maximum atomic E-state index is 14.2. The number of hydrogen-bond acceptors (Lipinski definition) is 5. The summed E-state index contributed by atoms with van der Waals surface area (Å²) in [5, 5.41) is 5.66. The number of ether oxygens (including phenoxy) is 1. The molecule has 232 valence electrons. The standard InChI is InChI=1S/C32H54N4O5/c1-7-10-12-13-14-15-23-36(30(39)26(20-21-27(33)37)35-31(40)41-32(4,5)6)28(29(38)34-22-11-8-2)25-18-16-24(9-3)17-19-25/h16-19,26,28H,7-15,20-23H2,1-6H3,(H2,33,37)(H,34,38)(H,35,40). The lowest BCUT2D eigenvalue weighted by Crippen LogP contribution is -2.53. The molecule has 0 saturated heterocycles. The van der Waals surface area contributed by atoms with E-state index in [2.05, 4.69) is 24.5 Å². The third-order valence-corrected chi connectivity index (χ3v) is 6.80. The minimum atomic E-state index is -1.08. The van der Waals surface area contributed by atoms with Crippen molar-refractivity contribution < 1.29 is 23.9 Å². The van der Waals surface area contributed by atoms with Crippen LogP contribution in [0.15, 0.2) is 24.3 Å². The number of nitrogens with one attached hydrogen (secondary N) is 2. The summed E-state index contributed by atoms with van der Waals surface area (Å²) in [6.07, 6.45) is 7.78. The molecule has 0 aromatic heterocycles. The van der Waals surface area contributed by atoms with E-state index in [1.807, 2.05) is 31.2 Å². The Kier molecular flexibility index (Phi) is 16.7. The SMILES string of the molecule is CCCCCCCCN(C(=O)C(CCC(N)=O)NC(=O)OC(C)(C)C)C(C(=O)NCCCC)c1ccc(CC)cc1. The van der Waals surface area contributed by atoms with Crippen LogP contribution in [0.4, 0.5) is 4.79 Å². The van der Waals surface area contributed by atoms with E-state index in [1.165, 1.54) is 0 Å². The van der Waals surface area contributed by atoms with E-state index in [0.717, 1.165) is 56.9 Å². The van der Waals surface area contributed by atoms with Gasteiger partial charge in [0, 0.05) is 19.5 Å².